The zero-order chi connectivity index (χ0) is 13.7. The summed E-state index contributed by atoms with van der Waals surface area (Å²) in [7, 11) is 1.95. The molecule has 2 rings (SSSR count). The van der Waals surface area contributed by atoms with Crippen LogP contribution in [0.25, 0.3) is 0 Å². The third kappa shape index (κ3) is 3.69. The third-order valence-corrected chi connectivity index (χ3v) is 3.13. The minimum atomic E-state index is -0.511. The lowest BCUT2D eigenvalue weighted by Crippen LogP contribution is -2.41. The Morgan fingerprint density at radius 3 is 2.63 bits per heavy atom. The SMILES string of the molecule is Cn1cccc1CNC(=O)C(N)Cc1ccccc1. The maximum absolute atomic E-state index is 11.9. The zero-order valence-corrected chi connectivity index (χ0v) is 11.0. The molecule has 3 N–H and O–H groups in total. The smallest absolute Gasteiger partial charge is 0.237 e. The molecular formula is C15H19N3O. The average molecular weight is 257 g/mol. The number of benzene rings is 1. The number of carbonyl (C=O) groups is 1. The van der Waals surface area contributed by atoms with Gasteiger partial charge in [0.25, 0.3) is 0 Å². The molecule has 1 aromatic heterocycles. The molecule has 0 aliphatic rings. The van der Waals surface area contributed by atoms with E-state index in [1.165, 1.54) is 0 Å². The van der Waals surface area contributed by atoms with Crippen molar-refractivity contribution in [2.45, 2.75) is 19.0 Å². The van der Waals surface area contributed by atoms with E-state index in [2.05, 4.69) is 5.32 Å². The summed E-state index contributed by atoms with van der Waals surface area (Å²) in [5.41, 5.74) is 8.04. The maximum Gasteiger partial charge on any atom is 0.237 e. The molecule has 2 aromatic rings. The van der Waals surface area contributed by atoms with Gasteiger partial charge in [-0.05, 0) is 24.1 Å². The number of nitrogens with one attached hydrogen (secondary N) is 1. The predicted octanol–water partition coefficient (Wildman–Crippen LogP) is 1.21. The molecule has 0 saturated heterocycles. The lowest BCUT2D eigenvalue weighted by molar-refractivity contribution is -0.122. The lowest BCUT2D eigenvalue weighted by Gasteiger charge is -2.12. The second kappa shape index (κ2) is 6.20. The third-order valence-electron chi connectivity index (χ3n) is 3.13. The highest BCUT2D eigenvalue weighted by Gasteiger charge is 2.13. The van der Waals surface area contributed by atoms with Crippen LogP contribution in [0.15, 0.2) is 48.7 Å². The molecule has 0 bridgehead atoms. The van der Waals surface area contributed by atoms with Crippen molar-refractivity contribution < 1.29 is 4.79 Å². The van der Waals surface area contributed by atoms with E-state index in [9.17, 15) is 4.79 Å². The molecule has 0 aliphatic carbocycles. The number of nitrogens with zero attached hydrogens (tertiary/aromatic N) is 1. The highest BCUT2D eigenvalue weighted by Crippen LogP contribution is 2.03. The van der Waals surface area contributed by atoms with Gasteiger partial charge in [-0.15, -0.1) is 0 Å². The largest absolute Gasteiger partial charge is 0.353 e. The van der Waals surface area contributed by atoms with E-state index in [0.717, 1.165) is 11.3 Å². The van der Waals surface area contributed by atoms with Crippen molar-refractivity contribution in [1.82, 2.24) is 9.88 Å². The fourth-order valence-electron chi connectivity index (χ4n) is 1.95. The number of carbonyl (C=O) groups excluding carboxylic acids is 1. The van der Waals surface area contributed by atoms with Crippen molar-refractivity contribution in [3.63, 3.8) is 0 Å². The molecule has 1 amide bonds. The van der Waals surface area contributed by atoms with E-state index in [-0.39, 0.29) is 5.91 Å². The molecule has 0 spiro atoms. The Balaban J connectivity index is 1.84. The van der Waals surface area contributed by atoms with Crippen LogP contribution in [0.1, 0.15) is 11.3 Å². The summed E-state index contributed by atoms with van der Waals surface area (Å²) < 4.78 is 1.98. The van der Waals surface area contributed by atoms with Gasteiger partial charge < -0.3 is 15.6 Å². The molecule has 0 fully saturated rings. The predicted molar refractivity (Wildman–Crippen MR) is 75.4 cm³/mol. The van der Waals surface area contributed by atoms with E-state index >= 15 is 0 Å². The van der Waals surface area contributed by atoms with Gasteiger partial charge in [0.15, 0.2) is 0 Å². The summed E-state index contributed by atoms with van der Waals surface area (Å²) in [6.45, 7) is 0.505. The molecule has 1 aromatic carbocycles. The molecular weight excluding hydrogens is 238 g/mol. The first kappa shape index (κ1) is 13.4. The Hall–Kier alpha value is -2.07. The fraction of sp³-hybridized carbons (Fsp3) is 0.267. The molecule has 1 atom stereocenters. The monoisotopic (exact) mass is 257 g/mol. The van der Waals surface area contributed by atoms with Crippen LogP contribution in [0, 0.1) is 0 Å². The molecule has 4 nitrogen and oxygen atoms in total. The molecule has 100 valence electrons. The highest BCUT2D eigenvalue weighted by atomic mass is 16.2. The Morgan fingerprint density at radius 2 is 2.00 bits per heavy atom. The Morgan fingerprint density at radius 1 is 1.26 bits per heavy atom. The van der Waals surface area contributed by atoms with Crippen molar-refractivity contribution in [1.29, 1.82) is 0 Å². The first-order valence-electron chi connectivity index (χ1n) is 6.34. The molecule has 19 heavy (non-hydrogen) atoms. The second-order valence-corrected chi connectivity index (χ2v) is 4.62. The molecule has 1 unspecified atom stereocenters. The number of aromatic nitrogens is 1. The normalized spacial score (nSPS) is 12.1. The van der Waals surface area contributed by atoms with Gasteiger partial charge in [-0.2, -0.15) is 0 Å². The summed E-state index contributed by atoms with van der Waals surface area (Å²) in [5.74, 6) is -0.120. The Labute approximate surface area is 113 Å². The molecule has 4 heteroatoms. The van der Waals surface area contributed by atoms with Gasteiger partial charge in [0.1, 0.15) is 0 Å². The van der Waals surface area contributed by atoms with Crippen molar-refractivity contribution >= 4 is 5.91 Å². The van der Waals surface area contributed by atoms with Crippen LogP contribution < -0.4 is 11.1 Å². The van der Waals surface area contributed by atoms with Gasteiger partial charge in [0.2, 0.25) is 5.91 Å². The second-order valence-electron chi connectivity index (χ2n) is 4.62. The maximum atomic E-state index is 11.9. The van der Waals surface area contributed by atoms with E-state index in [1.807, 2.05) is 60.3 Å². The Kier molecular flexibility index (Phi) is 4.36. The Bertz CT molecular complexity index is 533. The van der Waals surface area contributed by atoms with Crippen molar-refractivity contribution in [2.24, 2.45) is 12.8 Å². The summed E-state index contributed by atoms with van der Waals surface area (Å²) in [6, 6.07) is 13.2. The highest BCUT2D eigenvalue weighted by molar-refractivity contribution is 5.81. The topological polar surface area (TPSA) is 60.0 Å². The number of hydrogen-bond donors (Lipinski definition) is 2. The fourth-order valence-corrected chi connectivity index (χ4v) is 1.95. The lowest BCUT2D eigenvalue weighted by atomic mass is 10.1. The van der Waals surface area contributed by atoms with E-state index in [4.69, 9.17) is 5.73 Å². The quantitative estimate of drug-likeness (QED) is 0.846. The van der Waals surface area contributed by atoms with Crippen LogP contribution in [0.2, 0.25) is 0 Å². The zero-order valence-electron chi connectivity index (χ0n) is 11.0. The number of nitrogens with two attached hydrogens (primary N) is 1. The number of rotatable bonds is 5. The first-order chi connectivity index (χ1) is 9.16. The summed E-state index contributed by atoms with van der Waals surface area (Å²) in [5, 5.41) is 2.86. The summed E-state index contributed by atoms with van der Waals surface area (Å²) >= 11 is 0. The van der Waals surface area contributed by atoms with Crippen LogP contribution in [0.5, 0.6) is 0 Å². The van der Waals surface area contributed by atoms with E-state index < -0.39 is 6.04 Å². The van der Waals surface area contributed by atoms with Crippen molar-refractivity contribution in [2.75, 3.05) is 0 Å². The summed E-state index contributed by atoms with van der Waals surface area (Å²) in [6.07, 6.45) is 2.51. The van der Waals surface area contributed by atoms with Gasteiger partial charge in [0, 0.05) is 18.9 Å². The van der Waals surface area contributed by atoms with Crippen molar-refractivity contribution in [3.8, 4) is 0 Å². The van der Waals surface area contributed by atoms with Crippen LogP contribution in [0.3, 0.4) is 0 Å². The number of amides is 1. The van der Waals surface area contributed by atoms with Gasteiger partial charge >= 0.3 is 0 Å². The van der Waals surface area contributed by atoms with Crippen molar-refractivity contribution in [3.05, 3.63) is 59.9 Å². The standard InChI is InChI=1S/C15H19N3O/c1-18-9-5-8-13(18)11-17-15(19)14(16)10-12-6-3-2-4-7-12/h2-9,14H,10-11,16H2,1H3,(H,17,19). The van der Waals surface area contributed by atoms with Gasteiger partial charge in [-0.3, -0.25) is 4.79 Å². The van der Waals surface area contributed by atoms with Gasteiger partial charge in [-0.25, -0.2) is 0 Å². The minimum Gasteiger partial charge on any atom is -0.353 e. The van der Waals surface area contributed by atoms with Crippen LogP contribution in [-0.2, 0) is 24.8 Å². The summed E-state index contributed by atoms with van der Waals surface area (Å²) in [4.78, 5) is 11.9. The van der Waals surface area contributed by atoms with Crippen LogP contribution >= 0.6 is 0 Å². The average Bonchev–Trinajstić information content (AvgIpc) is 2.82. The molecule has 0 radical (unpaired) electrons. The molecule has 0 aliphatic heterocycles. The number of aryl methyl sites for hydroxylation is 1. The molecule has 1 heterocycles. The molecule has 0 saturated carbocycles. The van der Waals surface area contributed by atoms with Crippen LogP contribution in [0.4, 0.5) is 0 Å². The van der Waals surface area contributed by atoms with Crippen LogP contribution in [-0.4, -0.2) is 16.5 Å². The van der Waals surface area contributed by atoms with Gasteiger partial charge in [0.05, 0.1) is 12.6 Å². The van der Waals surface area contributed by atoms with Gasteiger partial charge in [-0.1, -0.05) is 30.3 Å². The van der Waals surface area contributed by atoms with E-state index in [0.29, 0.717) is 13.0 Å². The van der Waals surface area contributed by atoms with E-state index in [1.54, 1.807) is 0 Å². The first-order valence-corrected chi connectivity index (χ1v) is 6.34. The minimum absolute atomic E-state index is 0.120. The number of hydrogen-bond acceptors (Lipinski definition) is 2.